The average molecular weight is 474 g/mol. The molecule has 5 rings (SSSR count). The Hall–Kier alpha value is -3.16. The summed E-state index contributed by atoms with van der Waals surface area (Å²) in [5.74, 6) is 1.42. The largest absolute Gasteiger partial charge is 0.361 e. The molecule has 5 aromatic rings. The Balaban J connectivity index is 1.69. The molecule has 0 radical (unpaired) electrons. The lowest BCUT2D eigenvalue weighted by molar-refractivity contribution is 0.392. The van der Waals surface area contributed by atoms with E-state index in [1.807, 2.05) is 49.6 Å². The monoisotopic (exact) mass is 473 g/mol. The summed E-state index contributed by atoms with van der Waals surface area (Å²) in [7, 11) is 0. The van der Waals surface area contributed by atoms with Gasteiger partial charge in [-0.15, -0.1) is 11.3 Å². The minimum atomic E-state index is -0.0538. The van der Waals surface area contributed by atoms with Crippen molar-refractivity contribution in [3.8, 4) is 16.8 Å². The van der Waals surface area contributed by atoms with Crippen LogP contribution in [-0.2, 0) is 5.75 Å². The number of nitrogens with zero attached hydrogens (tertiary/aromatic N) is 3. The first-order valence-electron chi connectivity index (χ1n) is 10.7. The van der Waals surface area contributed by atoms with Crippen molar-refractivity contribution in [1.82, 2.24) is 14.7 Å². The van der Waals surface area contributed by atoms with Crippen molar-refractivity contribution in [2.75, 3.05) is 0 Å². The number of aryl methyl sites for hydroxylation is 4. The molecule has 0 fully saturated rings. The fourth-order valence-electron chi connectivity index (χ4n) is 3.84. The normalized spacial score (nSPS) is 11.4. The molecule has 0 aliphatic rings. The molecule has 0 bridgehead atoms. The average Bonchev–Trinajstić information content (AvgIpc) is 3.38. The molecular weight excluding hydrogens is 450 g/mol. The zero-order valence-electron chi connectivity index (χ0n) is 18.9. The van der Waals surface area contributed by atoms with Crippen LogP contribution in [-0.4, -0.2) is 14.7 Å². The van der Waals surface area contributed by atoms with Crippen molar-refractivity contribution >= 4 is 33.3 Å². The number of thiophene rings is 1. The fraction of sp³-hybridized carbons (Fsp3) is 0.192. The molecule has 0 spiro atoms. The highest BCUT2D eigenvalue weighted by molar-refractivity contribution is 7.98. The van der Waals surface area contributed by atoms with Gasteiger partial charge in [0.05, 0.1) is 16.8 Å². The molecule has 33 heavy (non-hydrogen) atoms. The number of rotatable bonds is 5. The lowest BCUT2D eigenvalue weighted by Gasteiger charge is -2.13. The first-order chi connectivity index (χ1) is 15.9. The number of hydrogen-bond acceptors (Lipinski definition) is 6. The Morgan fingerprint density at radius 3 is 2.52 bits per heavy atom. The summed E-state index contributed by atoms with van der Waals surface area (Å²) in [6, 6.07) is 16.0. The van der Waals surface area contributed by atoms with Gasteiger partial charge >= 0.3 is 0 Å². The third kappa shape index (κ3) is 3.92. The Morgan fingerprint density at radius 2 is 1.82 bits per heavy atom. The van der Waals surface area contributed by atoms with Crippen LogP contribution in [0.1, 0.15) is 28.1 Å². The topological polar surface area (TPSA) is 60.9 Å². The smallest absolute Gasteiger partial charge is 0.268 e. The zero-order chi connectivity index (χ0) is 23.1. The quantitative estimate of drug-likeness (QED) is 0.212. The van der Waals surface area contributed by atoms with E-state index in [0.29, 0.717) is 16.3 Å². The predicted molar refractivity (Wildman–Crippen MR) is 136 cm³/mol. The van der Waals surface area contributed by atoms with Gasteiger partial charge in [-0.1, -0.05) is 53.3 Å². The van der Waals surface area contributed by atoms with Gasteiger partial charge in [-0.25, -0.2) is 4.98 Å². The molecule has 0 saturated carbocycles. The van der Waals surface area contributed by atoms with E-state index in [1.165, 1.54) is 34.2 Å². The maximum Gasteiger partial charge on any atom is 0.268 e. The van der Waals surface area contributed by atoms with Crippen molar-refractivity contribution in [2.24, 2.45) is 0 Å². The van der Waals surface area contributed by atoms with E-state index in [2.05, 4.69) is 37.2 Å². The van der Waals surface area contributed by atoms with Crippen molar-refractivity contribution in [3.05, 3.63) is 92.4 Å². The van der Waals surface area contributed by atoms with Gasteiger partial charge < -0.3 is 4.52 Å². The molecule has 3 aromatic heterocycles. The molecule has 0 atom stereocenters. The van der Waals surface area contributed by atoms with Crippen LogP contribution in [0.15, 0.2) is 68.4 Å². The summed E-state index contributed by atoms with van der Waals surface area (Å²) in [6.45, 7) is 8.03. The van der Waals surface area contributed by atoms with Crippen LogP contribution in [0.4, 0.5) is 0 Å². The number of aromatic nitrogens is 3. The molecule has 3 heterocycles. The molecule has 0 unspecified atom stereocenters. The summed E-state index contributed by atoms with van der Waals surface area (Å²) in [5.41, 5.74) is 7.06. The van der Waals surface area contributed by atoms with Crippen molar-refractivity contribution in [3.63, 3.8) is 0 Å². The number of thioether (sulfide) groups is 1. The maximum atomic E-state index is 13.9. The first-order valence-corrected chi connectivity index (χ1v) is 12.5. The van der Waals surface area contributed by atoms with Gasteiger partial charge in [-0.3, -0.25) is 9.36 Å². The van der Waals surface area contributed by atoms with Crippen LogP contribution >= 0.6 is 23.1 Å². The van der Waals surface area contributed by atoms with E-state index in [1.54, 1.807) is 4.57 Å². The maximum absolute atomic E-state index is 13.9. The van der Waals surface area contributed by atoms with E-state index in [9.17, 15) is 4.79 Å². The second kappa shape index (κ2) is 8.65. The van der Waals surface area contributed by atoms with Gasteiger partial charge in [0.25, 0.3) is 5.56 Å². The summed E-state index contributed by atoms with van der Waals surface area (Å²) in [4.78, 5) is 19.6. The lowest BCUT2D eigenvalue weighted by atomic mass is 10.0. The highest BCUT2D eigenvalue weighted by Gasteiger charge is 2.20. The molecule has 166 valence electrons. The minimum Gasteiger partial charge on any atom is -0.361 e. The van der Waals surface area contributed by atoms with Crippen LogP contribution in [0.3, 0.4) is 0 Å². The molecular formula is C26H23N3O2S2. The Morgan fingerprint density at radius 1 is 1.03 bits per heavy atom. The summed E-state index contributed by atoms with van der Waals surface area (Å²) in [5, 5.41) is 7.41. The van der Waals surface area contributed by atoms with Crippen LogP contribution in [0, 0.1) is 27.7 Å². The Kier molecular flexibility index (Phi) is 5.68. The highest BCUT2D eigenvalue weighted by Crippen LogP contribution is 2.34. The van der Waals surface area contributed by atoms with Crippen molar-refractivity contribution in [1.29, 1.82) is 0 Å². The third-order valence-corrected chi connectivity index (χ3v) is 7.77. The number of benzene rings is 2. The second-order valence-corrected chi connectivity index (χ2v) is 9.89. The molecule has 7 heteroatoms. The van der Waals surface area contributed by atoms with Gasteiger partial charge in [-0.2, -0.15) is 0 Å². The molecule has 5 nitrogen and oxygen atoms in total. The summed E-state index contributed by atoms with van der Waals surface area (Å²) in [6.07, 6.45) is 0. The molecule has 0 aliphatic heterocycles. The van der Waals surface area contributed by atoms with Crippen LogP contribution in [0.25, 0.3) is 27.0 Å². The van der Waals surface area contributed by atoms with E-state index in [0.717, 1.165) is 38.7 Å². The molecule has 2 aromatic carbocycles. The van der Waals surface area contributed by atoms with E-state index < -0.39 is 0 Å². The zero-order valence-corrected chi connectivity index (χ0v) is 20.5. The van der Waals surface area contributed by atoms with Gasteiger partial charge in [0.1, 0.15) is 10.6 Å². The molecule has 0 aliphatic carbocycles. The Bertz CT molecular complexity index is 1510. The number of fused-ring (bicyclic) bond motifs is 1. The van der Waals surface area contributed by atoms with Gasteiger partial charge in [-0.05, 0) is 56.5 Å². The first kappa shape index (κ1) is 21.7. The van der Waals surface area contributed by atoms with Crippen molar-refractivity contribution < 1.29 is 4.52 Å². The minimum absolute atomic E-state index is 0.0538. The Labute approximate surface area is 200 Å². The van der Waals surface area contributed by atoms with Crippen LogP contribution < -0.4 is 5.56 Å². The number of hydrogen-bond donors (Lipinski definition) is 0. The second-order valence-electron chi connectivity index (χ2n) is 8.09. The summed E-state index contributed by atoms with van der Waals surface area (Å²) >= 11 is 3.04. The third-order valence-electron chi connectivity index (χ3n) is 5.94. The van der Waals surface area contributed by atoms with Gasteiger partial charge in [0.15, 0.2) is 5.16 Å². The van der Waals surface area contributed by atoms with E-state index in [4.69, 9.17) is 9.51 Å². The standard InChI is InChI=1S/C26H23N3O2S2/c1-15-10-11-19(12-16(15)2)22-14-32-24-23(22)25(30)29(20-8-6-5-7-9-20)26(27-24)33-13-21-17(3)28-31-18(21)4/h5-12,14H,13H2,1-4H3. The highest BCUT2D eigenvalue weighted by atomic mass is 32.2. The lowest BCUT2D eigenvalue weighted by Crippen LogP contribution is -2.21. The molecule has 0 N–H and O–H groups in total. The van der Waals surface area contributed by atoms with Crippen LogP contribution in [0.5, 0.6) is 0 Å². The molecule has 0 amide bonds. The van der Waals surface area contributed by atoms with Crippen LogP contribution in [0.2, 0.25) is 0 Å². The molecule has 0 saturated heterocycles. The fourth-order valence-corrected chi connectivity index (χ4v) is 5.99. The summed E-state index contributed by atoms with van der Waals surface area (Å²) < 4.78 is 7.04. The van der Waals surface area contributed by atoms with E-state index in [-0.39, 0.29) is 5.56 Å². The predicted octanol–water partition coefficient (Wildman–Crippen LogP) is 6.63. The van der Waals surface area contributed by atoms with Gasteiger partial charge in [0.2, 0.25) is 0 Å². The van der Waals surface area contributed by atoms with Crippen molar-refractivity contribution in [2.45, 2.75) is 38.6 Å². The van der Waals surface area contributed by atoms with E-state index >= 15 is 0 Å². The van der Waals surface area contributed by atoms with Gasteiger partial charge in [0, 0.05) is 22.3 Å². The number of para-hydroxylation sites is 1. The SMILES string of the molecule is Cc1ccc(-c2csc3nc(SCc4c(C)noc4C)n(-c4ccccc4)c(=O)c23)cc1C.